The second-order valence-corrected chi connectivity index (χ2v) is 6.38. The highest BCUT2D eigenvalue weighted by molar-refractivity contribution is 6.35. The Bertz CT molecular complexity index is 473. The molecule has 1 saturated heterocycles. The maximum absolute atomic E-state index is 12.1. The van der Waals surface area contributed by atoms with Crippen molar-refractivity contribution in [3.63, 3.8) is 0 Å². The van der Waals surface area contributed by atoms with Crippen LogP contribution in [0, 0.1) is 5.92 Å². The molecule has 116 valence electrons. The zero-order chi connectivity index (χ0) is 15.2. The van der Waals surface area contributed by atoms with Crippen molar-refractivity contribution in [2.75, 3.05) is 19.6 Å². The lowest BCUT2D eigenvalue weighted by atomic mass is 9.96. The molecule has 0 aromatic heterocycles. The smallest absolute Gasteiger partial charge is 0.224 e. The van der Waals surface area contributed by atoms with Crippen molar-refractivity contribution in [2.45, 2.75) is 32.7 Å². The highest BCUT2D eigenvalue weighted by atomic mass is 35.5. The predicted octanol–water partition coefficient (Wildman–Crippen LogP) is 3.73. The monoisotopic (exact) mass is 328 g/mol. The Kier molecular flexibility index (Phi) is 6.34. The largest absolute Gasteiger partial charge is 0.356 e. The Morgan fingerprint density at radius 1 is 1.38 bits per heavy atom. The Labute approximate surface area is 136 Å². The van der Waals surface area contributed by atoms with Crippen molar-refractivity contribution in [2.24, 2.45) is 5.92 Å². The summed E-state index contributed by atoms with van der Waals surface area (Å²) in [5.41, 5.74) is 0.954. The number of rotatable bonds is 5. The standard InChI is InChI=1S/C16H22Cl2N2O/c1-2-8-19-16(21)12-5-4-9-20(10-12)11-13-14(17)6-3-7-15(13)18/h3,6-7,12H,2,4-5,8-11H2,1H3,(H,19,21). The van der Waals surface area contributed by atoms with Crippen LogP contribution >= 0.6 is 23.2 Å². The van der Waals surface area contributed by atoms with Gasteiger partial charge in [0.1, 0.15) is 0 Å². The van der Waals surface area contributed by atoms with Gasteiger partial charge in [-0.3, -0.25) is 9.69 Å². The normalized spacial score (nSPS) is 19.5. The third-order valence-electron chi connectivity index (χ3n) is 3.87. The summed E-state index contributed by atoms with van der Waals surface area (Å²) in [6, 6.07) is 5.57. The van der Waals surface area contributed by atoms with Gasteiger partial charge in [-0.25, -0.2) is 0 Å². The van der Waals surface area contributed by atoms with E-state index in [-0.39, 0.29) is 11.8 Å². The third kappa shape index (κ3) is 4.60. The number of nitrogens with zero attached hydrogens (tertiary/aromatic N) is 1. The highest BCUT2D eigenvalue weighted by Crippen LogP contribution is 2.27. The number of benzene rings is 1. The van der Waals surface area contributed by atoms with E-state index in [1.54, 1.807) is 0 Å². The average molecular weight is 329 g/mol. The van der Waals surface area contributed by atoms with E-state index in [9.17, 15) is 4.79 Å². The summed E-state index contributed by atoms with van der Waals surface area (Å²) in [7, 11) is 0. The summed E-state index contributed by atoms with van der Waals surface area (Å²) >= 11 is 12.5. The van der Waals surface area contributed by atoms with Gasteiger partial charge in [0.05, 0.1) is 5.92 Å². The van der Waals surface area contributed by atoms with Crippen LogP contribution in [-0.4, -0.2) is 30.4 Å². The van der Waals surface area contributed by atoms with E-state index in [4.69, 9.17) is 23.2 Å². The Hall–Kier alpha value is -0.770. The van der Waals surface area contributed by atoms with E-state index in [1.807, 2.05) is 18.2 Å². The molecule has 1 atom stereocenters. The summed E-state index contributed by atoms with van der Waals surface area (Å²) < 4.78 is 0. The fourth-order valence-corrected chi connectivity index (χ4v) is 3.23. The van der Waals surface area contributed by atoms with E-state index >= 15 is 0 Å². The molecule has 0 saturated carbocycles. The summed E-state index contributed by atoms with van der Waals surface area (Å²) in [5, 5.41) is 4.38. The lowest BCUT2D eigenvalue weighted by Gasteiger charge is -2.32. The van der Waals surface area contributed by atoms with Gasteiger partial charge in [-0.1, -0.05) is 36.2 Å². The van der Waals surface area contributed by atoms with Gasteiger partial charge in [-0.05, 0) is 37.9 Å². The van der Waals surface area contributed by atoms with Gasteiger partial charge in [0.2, 0.25) is 5.91 Å². The molecule has 1 N–H and O–H groups in total. The molecule has 0 spiro atoms. The molecule has 1 unspecified atom stereocenters. The van der Waals surface area contributed by atoms with Crippen LogP contribution in [-0.2, 0) is 11.3 Å². The van der Waals surface area contributed by atoms with Gasteiger partial charge in [0, 0.05) is 35.2 Å². The zero-order valence-electron chi connectivity index (χ0n) is 12.4. The average Bonchev–Trinajstić information content (AvgIpc) is 2.49. The fraction of sp³-hybridized carbons (Fsp3) is 0.562. The fourth-order valence-electron chi connectivity index (χ4n) is 2.71. The number of piperidine rings is 1. The van der Waals surface area contributed by atoms with E-state index in [1.165, 1.54) is 0 Å². The molecule has 5 heteroatoms. The van der Waals surface area contributed by atoms with E-state index in [2.05, 4.69) is 17.1 Å². The van der Waals surface area contributed by atoms with Gasteiger partial charge >= 0.3 is 0 Å². The predicted molar refractivity (Wildman–Crippen MR) is 87.8 cm³/mol. The van der Waals surface area contributed by atoms with Crippen LogP contribution in [0.2, 0.25) is 10.0 Å². The summed E-state index contributed by atoms with van der Waals surface area (Å²) in [6.07, 6.45) is 2.96. The van der Waals surface area contributed by atoms with Crippen molar-refractivity contribution in [3.8, 4) is 0 Å². The lowest BCUT2D eigenvalue weighted by molar-refractivity contribution is -0.126. The number of nitrogens with one attached hydrogen (secondary N) is 1. The molecular formula is C16H22Cl2N2O. The summed E-state index contributed by atoms with van der Waals surface area (Å²) in [4.78, 5) is 14.4. The van der Waals surface area contributed by atoms with Crippen LogP contribution < -0.4 is 5.32 Å². The molecule has 1 fully saturated rings. The summed E-state index contributed by atoms with van der Waals surface area (Å²) in [5.74, 6) is 0.248. The SMILES string of the molecule is CCCNC(=O)C1CCCN(Cc2c(Cl)cccc2Cl)C1. The van der Waals surface area contributed by atoms with Crippen molar-refractivity contribution < 1.29 is 4.79 Å². The topological polar surface area (TPSA) is 32.3 Å². The summed E-state index contributed by atoms with van der Waals surface area (Å²) in [6.45, 7) is 5.28. The number of hydrogen-bond donors (Lipinski definition) is 1. The molecule has 1 heterocycles. The lowest BCUT2D eigenvalue weighted by Crippen LogP contribution is -2.42. The van der Waals surface area contributed by atoms with Crippen LogP contribution in [0.15, 0.2) is 18.2 Å². The van der Waals surface area contributed by atoms with Crippen LogP contribution in [0.4, 0.5) is 0 Å². The van der Waals surface area contributed by atoms with Crippen LogP contribution in [0.3, 0.4) is 0 Å². The van der Waals surface area contributed by atoms with E-state index in [0.717, 1.165) is 44.5 Å². The molecule has 1 aliphatic heterocycles. The highest BCUT2D eigenvalue weighted by Gasteiger charge is 2.26. The molecular weight excluding hydrogens is 307 g/mol. The van der Waals surface area contributed by atoms with Gasteiger partial charge in [0.25, 0.3) is 0 Å². The number of hydrogen-bond acceptors (Lipinski definition) is 2. The Morgan fingerprint density at radius 3 is 2.76 bits per heavy atom. The molecule has 0 bridgehead atoms. The molecule has 0 radical (unpaired) electrons. The first-order chi connectivity index (χ1) is 10.1. The van der Waals surface area contributed by atoms with Gasteiger partial charge in [0.15, 0.2) is 0 Å². The molecule has 3 nitrogen and oxygen atoms in total. The Morgan fingerprint density at radius 2 is 2.10 bits per heavy atom. The molecule has 2 rings (SSSR count). The third-order valence-corrected chi connectivity index (χ3v) is 4.58. The quantitative estimate of drug-likeness (QED) is 0.893. The van der Waals surface area contributed by atoms with Gasteiger partial charge in [-0.2, -0.15) is 0 Å². The maximum atomic E-state index is 12.1. The van der Waals surface area contributed by atoms with Crippen LogP contribution in [0.1, 0.15) is 31.7 Å². The van der Waals surface area contributed by atoms with E-state index < -0.39 is 0 Å². The van der Waals surface area contributed by atoms with Crippen molar-refractivity contribution >= 4 is 29.1 Å². The minimum Gasteiger partial charge on any atom is -0.356 e. The number of carbonyl (C=O) groups excluding carboxylic acids is 1. The van der Waals surface area contributed by atoms with Gasteiger partial charge < -0.3 is 5.32 Å². The first kappa shape index (κ1) is 16.6. The molecule has 21 heavy (non-hydrogen) atoms. The minimum absolute atomic E-state index is 0.0755. The maximum Gasteiger partial charge on any atom is 0.224 e. The van der Waals surface area contributed by atoms with Crippen molar-refractivity contribution in [3.05, 3.63) is 33.8 Å². The first-order valence-electron chi connectivity index (χ1n) is 7.54. The number of carbonyl (C=O) groups is 1. The minimum atomic E-state index is 0.0755. The number of likely N-dealkylation sites (tertiary alicyclic amines) is 1. The second kappa shape index (κ2) is 8.02. The van der Waals surface area contributed by atoms with Crippen molar-refractivity contribution in [1.82, 2.24) is 10.2 Å². The Balaban J connectivity index is 1.96. The molecule has 1 aliphatic rings. The number of amides is 1. The molecule has 0 aliphatic carbocycles. The van der Waals surface area contributed by atoms with Crippen LogP contribution in [0.25, 0.3) is 0 Å². The second-order valence-electron chi connectivity index (χ2n) is 5.57. The number of halogens is 2. The molecule has 1 aromatic rings. The van der Waals surface area contributed by atoms with Crippen LogP contribution in [0.5, 0.6) is 0 Å². The van der Waals surface area contributed by atoms with Crippen molar-refractivity contribution in [1.29, 1.82) is 0 Å². The van der Waals surface area contributed by atoms with Gasteiger partial charge in [-0.15, -0.1) is 0 Å². The first-order valence-corrected chi connectivity index (χ1v) is 8.30. The van der Waals surface area contributed by atoms with E-state index in [0.29, 0.717) is 16.6 Å². The molecule has 1 amide bonds. The zero-order valence-corrected chi connectivity index (χ0v) is 13.9. The molecule has 1 aromatic carbocycles.